The van der Waals surface area contributed by atoms with Crippen LogP contribution in [0.3, 0.4) is 0 Å². The van der Waals surface area contributed by atoms with Gasteiger partial charge in [0, 0.05) is 42.8 Å². The Hall–Kier alpha value is -1.33. The number of aryl methyl sites for hydroxylation is 1. The Balaban J connectivity index is 1.51. The first-order valence-corrected chi connectivity index (χ1v) is 7.13. The fraction of sp³-hybridized carbons (Fsp3) is 0.357. The molecule has 0 fully saturated rings. The molecule has 0 saturated carbocycles. The number of nitrogens with one attached hydrogen (secondary N) is 1. The van der Waals surface area contributed by atoms with E-state index in [1.807, 2.05) is 36.3 Å². The molecule has 2 aromatic rings. The summed E-state index contributed by atoms with van der Waals surface area (Å²) in [6, 6.07) is 6.18. The predicted molar refractivity (Wildman–Crippen MR) is 77.2 cm³/mol. The van der Waals surface area contributed by atoms with Crippen LogP contribution in [-0.4, -0.2) is 22.4 Å². The molecule has 2 heterocycles. The van der Waals surface area contributed by atoms with Crippen LogP contribution < -0.4 is 10.1 Å². The fourth-order valence-electron chi connectivity index (χ4n) is 2.34. The summed E-state index contributed by atoms with van der Waals surface area (Å²) in [7, 11) is 1.93. The lowest BCUT2D eigenvalue weighted by Crippen LogP contribution is -2.29. The average Bonchev–Trinajstić information content (AvgIpc) is 2.95. The van der Waals surface area contributed by atoms with E-state index in [-0.39, 0.29) is 6.10 Å². The van der Waals surface area contributed by atoms with Gasteiger partial charge in [-0.25, -0.2) is 0 Å². The Bertz CT molecular complexity index is 582. The van der Waals surface area contributed by atoms with E-state index in [0.717, 1.165) is 29.7 Å². The van der Waals surface area contributed by atoms with Crippen LogP contribution in [0.5, 0.6) is 5.75 Å². The first kappa shape index (κ1) is 12.7. The standard InChI is InChI=1S/C14H16BrN3O/c1-18-9-10(7-17-18)6-16-8-13-5-11-4-12(15)2-3-14(11)19-13/h2-4,7,9,13,16H,5-6,8H2,1H3. The number of halogens is 1. The van der Waals surface area contributed by atoms with Gasteiger partial charge in [0.2, 0.25) is 0 Å². The molecule has 1 aliphatic heterocycles. The van der Waals surface area contributed by atoms with E-state index in [0.29, 0.717) is 0 Å². The number of fused-ring (bicyclic) bond motifs is 1. The van der Waals surface area contributed by atoms with Crippen LogP contribution in [0, 0.1) is 0 Å². The van der Waals surface area contributed by atoms with Crippen LogP contribution in [0.15, 0.2) is 35.1 Å². The first-order chi connectivity index (χ1) is 9.20. The third-order valence-corrected chi connectivity index (χ3v) is 3.72. The van der Waals surface area contributed by atoms with Gasteiger partial charge in [-0.1, -0.05) is 15.9 Å². The summed E-state index contributed by atoms with van der Waals surface area (Å²) in [5, 5.41) is 7.57. The lowest BCUT2D eigenvalue weighted by molar-refractivity contribution is 0.227. The van der Waals surface area contributed by atoms with Crippen molar-refractivity contribution in [1.29, 1.82) is 0 Å². The van der Waals surface area contributed by atoms with E-state index in [1.54, 1.807) is 0 Å². The second-order valence-corrected chi connectivity index (χ2v) is 5.76. The number of benzene rings is 1. The van der Waals surface area contributed by atoms with Crippen LogP contribution in [-0.2, 0) is 20.0 Å². The quantitative estimate of drug-likeness (QED) is 0.939. The van der Waals surface area contributed by atoms with Crippen LogP contribution in [0.25, 0.3) is 0 Å². The molecule has 1 unspecified atom stereocenters. The molecule has 0 amide bonds. The lowest BCUT2D eigenvalue weighted by atomic mass is 10.1. The molecular weight excluding hydrogens is 306 g/mol. The summed E-state index contributed by atoms with van der Waals surface area (Å²) in [4.78, 5) is 0. The monoisotopic (exact) mass is 321 g/mol. The summed E-state index contributed by atoms with van der Waals surface area (Å²) < 4.78 is 8.83. The number of nitrogens with zero attached hydrogens (tertiary/aromatic N) is 2. The molecule has 100 valence electrons. The molecule has 19 heavy (non-hydrogen) atoms. The third-order valence-electron chi connectivity index (χ3n) is 3.22. The molecule has 5 heteroatoms. The minimum absolute atomic E-state index is 0.223. The Morgan fingerprint density at radius 3 is 3.21 bits per heavy atom. The molecule has 1 atom stereocenters. The van der Waals surface area contributed by atoms with E-state index in [1.165, 1.54) is 11.1 Å². The maximum atomic E-state index is 5.90. The van der Waals surface area contributed by atoms with Crippen molar-refractivity contribution in [2.24, 2.45) is 7.05 Å². The Kier molecular flexibility index (Phi) is 3.57. The van der Waals surface area contributed by atoms with Gasteiger partial charge in [-0.05, 0) is 23.8 Å². The Morgan fingerprint density at radius 1 is 1.53 bits per heavy atom. The van der Waals surface area contributed by atoms with Gasteiger partial charge < -0.3 is 10.1 Å². The number of rotatable bonds is 4. The summed E-state index contributed by atoms with van der Waals surface area (Å²) in [6.07, 6.45) is 5.10. The van der Waals surface area contributed by atoms with Crippen molar-refractivity contribution in [2.45, 2.75) is 19.1 Å². The molecule has 0 bridgehead atoms. The molecule has 1 N–H and O–H groups in total. The van der Waals surface area contributed by atoms with Gasteiger partial charge in [-0.15, -0.1) is 0 Å². The second-order valence-electron chi connectivity index (χ2n) is 4.85. The summed E-state index contributed by atoms with van der Waals surface area (Å²) >= 11 is 3.49. The van der Waals surface area contributed by atoms with E-state index in [9.17, 15) is 0 Å². The van der Waals surface area contributed by atoms with Crippen LogP contribution >= 0.6 is 15.9 Å². The molecule has 3 rings (SSSR count). The molecule has 0 saturated heterocycles. The highest BCUT2D eigenvalue weighted by molar-refractivity contribution is 9.10. The molecular formula is C14H16BrN3O. The van der Waals surface area contributed by atoms with Crippen molar-refractivity contribution in [3.05, 3.63) is 46.2 Å². The molecule has 4 nitrogen and oxygen atoms in total. The average molecular weight is 322 g/mol. The van der Waals surface area contributed by atoms with Crippen LogP contribution in [0.1, 0.15) is 11.1 Å². The largest absolute Gasteiger partial charge is 0.488 e. The first-order valence-electron chi connectivity index (χ1n) is 6.34. The number of aromatic nitrogens is 2. The van der Waals surface area contributed by atoms with Gasteiger partial charge in [0.15, 0.2) is 0 Å². The molecule has 1 aliphatic rings. The van der Waals surface area contributed by atoms with Crippen LogP contribution in [0.4, 0.5) is 0 Å². The molecule has 0 aliphatic carbocycles. The highest BCUT2D eigenvalue weighted by Crippen LogP contribution is 2.30. The molecule has 0 radical (unpaired) electrons. The normalized spacial score (nSPS) is 17.3. The van der Waals surface area contributed by atoms with Gasteiger partial charge in [0.1, 0.15) is 11.9 Å². The minimum atomic E-state index is 0.223. The smallest absolute Gasteiger partial charge is 0.123 e. The molecule has 1 aromatic carbocycles. The van der Waals surface area contributed by atoms with Crippen molar-refractivity contribution in [3.8, 4) is 5.75 Å². The maximum absolute atomic E-state index is 5.90. The van der Waals surface area contributed by atoms with Crippen molar-refractivity contribution >= 4 is 15.9 Å². The Labute approximate surface area is 120 Å². The Morgan fingerprint density at radius 2 is 2.42 bits per heavy atom. The van der Waals surface area contributed by atoms with Gasteiger partial charge in [0.05, 0.1) is 6.20 Å². The zero-order valence-electron chi connectivity index (χ0n) is 10.8. The van der Waals surface area contributed by atoms with E-state index in [4.69, 9.17) is 4.74 Å². The number of hydrogen-bond donors (Lipinski definition) is 1. The van der Waals surface area contributed by atoms with Crippen LogP contribution in [0.2, 0.25) is 0 Å². The third kappa shape index (κ3) is 2.98. The zero-order chi connectivity index (χ0) is 13.2. The number of hydrogen-bond acceptors (Lipinski definition) is 3. The van der Waals surface area contributed by atoms with Gasteiger partial charge in [-0.2, -0.15) is 5.10 Å². The lowest BCUT2D eigenvalue weighted by Gasteiger charge is -2.11. The second kappa shape index (κ2) is 5.35. The van der Waals surface area contributed by atoms with Gasteiger partial charge >= 0.3 is 0 Å². The molecule has 1 aromatic heterocycles. The SMILES string of the molecule is Cn1cc(CNCC2Cc3cc(Br)ccc3O2)cn1. The maximum Gasteiger partial charge on any atom is 0.123 e. The van der Waals surface area contributed by atoms with Gasteiger partial charge in [-0.3, -0.25) is 4.68 Å². The van der Waals surface area contributed by atoms with Crippen molar-refractivity contribution in [3.63, 3.8) is 0 Å². The van der Waals surface area contributed by atoms with Crippen molar-refractivity contribution in [1.82, 2.24) is 15.1 Å². The summed E-state index contributed by atoms with van der Waals surface area (Å²) in [5.74, 6) is 1.01. The summed E-state index contributed by atoms with van der Waals surface area (Å²) in [6.45, 7) is 1.68. The van der Waals surface area contributed by atoms with Gasteiger partial charge in [0.25, 0.3) is 0 Å². The topological polar surface area (TPSA) is 39.1 Å². The zero-order valence-corrected chi connectivity index (χ0v) is 12.4. The minimum Gasteiger partial charge on any atom is -0.488 e. The number of ether oxygens (including phenoxy) is 1. The van der Waals surface area contributed by atoms with E-state index >= 15 is 0 Å². The van der Waals surface area contributed by atoms with Crippen molar-refractivity contribution in [2.75, 3.05) is 6.54 Å². The fourth-order valence-corrected chi connectivity index (χ4v) is 2.75. The highest BCUT2D eigenvalue weighted by Gasteiger charge is 2.22. The highest BCUT2D eigenvalue weighted by atomic mass is 79.9. The van der Waals surface area contributed by atoms with E-state index < -0.39 is 0 Å². The van der Waals surface area contributed by atoms with E-state index in [2.05, 4.69) is 32.4 Å². The molecule has 0 spiro atoms. The summed E-state index contributed by atoms with van der Waals surface area (Å²) in [5.41, 5.74) is 2.48. The van der Waals surface area contributed by atoms with Crippen molar-refractivity contribution < 1.29 is 4.74 Å². The predicted octanol–water partition coefficient (Wildman–Crippen LogP) is 2.28.